The molecule has 0 unspecified atom stereocenters. The number of pyridine rings is 1. The van der Waals surface area contributed by atoms with Gasteiger partial charge in [-0.2, -0.15) is 0 Å². The van der Waals surface area contributed by atoms with Crippen LogP contribution in [-0.2, 0) is 11.3 Å². The average molecular weight is 530 g/mol. The van der Waals surface area contributed by atoms with Crippen LogP contribution < -0.4 is 16.2 Å². The fourth-order valence-corrected chi connectivity index (χ4v) is 4.41. The lowest BCUT2D eigenvalue weighted by Crippen LogP contribution is -2.21. The molecular formula is C30H28ClN3O4. The molecule has 0 aliphatic carbocycles. The second-order valence-corrected chi connectivity index (χ2v) is 9.59. The zero-order valence-electron chi connectivity index (χ0n) is 21.1. The van der Waals surface area contributed by atoms with Crippen molar-refractivity contribution in [1.29, 1.82) is 0 Å². The second kappa shape index (κ2) is 11.8. The van der Waals surface area contributed by atoms with Crippen molar-refractivity contribution in [3.63, 3.8) is 0 Å². The second-order valence-electron chi connectivity index (χ2n) is 9.18. The van der Waals surface area contributed by atoms with E-state index in [1.807, 2.05) is 62.4 Å². The van der Waals surface area contributed by atoms with Gasteiger partial charge >= 0.3 is 12.0 Å². The molecule has 3 aromatic carbocycles. The van der Waals surface area contributed by atoms with Gasteiger partial charge in [0.05, 0.1) is 23.7 Å². The van der Waals surface area contributed by atoms with Gasteiger partial charge in [0.1, 0.15) is 0 Å². The third-order valence-electron chi connectivity index (χ3n) is 6.32. The maximum atomic E-state index is 13.3. The van der Waals surface area contributed by atoms with Gasteiger partial charge in [0.2, 0.25) is 0 Å². The molecule has 7 nitrogen and oxygen atoms in total. The highest BCUT2D eigenvalue weighted by atomic mass is 35.5. The predicted octanol–water partition coefficient (Wildman–Crippen LogP) is 6.75. The van der Waals surface area contributed by atoms with Gasteiger partial charge in [-0.1, -0.05) is 67.1 Å². The fourth-order valence-electron chi connectivity index (χ4n) is 4.18. The van der Waals surface area contributed by atoms with Crippen LogP contribution >= 0.6 is 11.6 Å². The molecule has 0 aliphatic heterocycles. The van der Waals surface area contributed by atoms with Gasteiger partial charge in [0, 0.05) is 17.4 Å². The summed E-state index contributed by atoms with van der Waals surface area (Å²) in [6.45, 7) is 4.15. The number of anilines is 2. The van der Waals surface area contributed by atoms with Crippen molar-refractivity contribution in [3.8, 4) is 11.1 Å². The number of carboxylic acids is 1. The Labute approximate surface area is 225 Å². The number of amides is 2. The summed E-state index contributed by atoms with van der Waals surface area (Å²) in [5.74, 6) is -0.928. The molecular weight excluding hydrogens is 502 g/mol. The SMILES string of the molecule is Cc1ccccc1NC(=O)Nc1ccc(-c2cccn(Cc3ccc([C@H](C)CC(=O)O)cc3)c2=O)cc1Cl. The number of rotatable bonds is 8. The van der Waals surface area contributed by atoms with Crippen LogP contribution in [0.2, 0.25) is 5.02 Å². The lowest BCUT2D eigenvalue weighted by molar-refractivity contribution is -0.137. The van der Waals surface area contributed by atoms with E-state index in [0.717, 1.165) is 16.7 Å². The molecule has 0 spiro atoms. The summed E-state index contributed by atoms with van der Waals surface area (Å²) in [6.07, 6.45) is 1.79. The minimum atomic E-state index is -0.834. The van der Waals surface area contributed by atoms with Gasteiger partial charge in [0.15, 0.2) is 0 Å². The van der Waals surface area contributed by atoms with Crippen LogP contribution in [-0.4, -0.2) is 21.7 Å². The van der Waals surface area contributed by atoms with Gasteiger partial charge in [0.25, 0.3) is 5.56 Å². The number of aliphatic carboxylic acids is 1. The van der Waals surface area contributed by atoms with Crippen molar-refractivity contribution in [2.24, 2.45) is 0 Å². The van der Waals surface area contributed by atoms with E-state index in [-0.39, 0.29) is 17.9 Å². The van der Waals surface area contributed by atoms with Crippen LogP contribution in [0.25, 0.3) is 11.1 Å². The lowest BCUT2D eigenvalue weighted by atomic mass is 9.97. The highest BCUT2D eigenvalue weighted by Crippen LogP contribution is 2.28. The van der Waals surface area contributed by atoms with Crippen LogP contribution in [0.4, 0.5) is 16.2 Å². The summed E-state index contributed by atoms with van der Waals surface area (Å²) in [5.41, 5.74) is 4.87. The summed E-state index contributed by atoms with van der Waals surface area (Å²) in [7, 11) is 0. The molecule has 0 fully saturated rings. The van der Waals surface area contributed by atoms with Crippen molar-refractivity contribution in [2.75, 3.05) is 10.6 Å². The maximum absolute atomic E-state index is 13.3. The molecule has 1 atom stereocenters. The van der Waals surface area contributed by atoms with Gasteiger partial charge in [-0.05, 0) is 65.4 Å². The quantitative estimate of drug-likeness (QED) is 0.235. The molecule has 0 saturated heterocycles. The van der Waals surface area contributed by atoms with E-state index in [4.69, 9.17) is 16.7 Å². The molecule has 0 bridgehead atoms. The largest absolute Gasteiger partial charge is 0.481 e. The number of nitrogens with one attached hydrogen (secondary N) is 2. The smallest absolute Gasteiger partial charge is 0.323 e. The van der Waals surface area contributed by atoms with E-state index in [2.05, 4.69) is 10.6 Å². The molecule has 0 saturated carbocycles. The molecule has 1 aromatic heterocycles. The molecule has 38 heavy (non-hydrogen) atoms. The predicted molar refractivity (Wildman–Crippen MR) is 151 cm³/mol. The summed E-state index contributed by atoms with van der Waals surface area (Å²) >= 11 is 6.46. The Morgan fingerprint density at radius 2 is 1.66 bits per heavy atom. The Morgan fingerprint density at radius 1 is 0.947 bits per heavy atom. The van der Waals surface area contributed by atoms with Gasteiger partial charge in [-0.3, -0.25) is 9.59 Å². The van der Waals surface area contributed by atoms with E-state index < -0.39 is 12.0 Å². The lowest BCUT2D eigenvalue weighted by Gasteiger charge is -2.13. The molecule has 8 heteroatoms. The number of aromatic nitrogens is 1. The van der Waals surface area contributed by atoms with E-state index in [1.165, 1.54) is 0 Å². The number of benzene rings is 3. The van der Waals surface area contributed by atoms with E-state index >= 15 is 0 Å². The number of nitrogens with zero attached hydrogens (tertiary/aromatic N) is 1. The van der Waals surface area contributed by atoms with Crippen LogP contribution in [0.3, 0.4) is 0 Å². The normalized spacial score (nSPS) is 11.6. The van der Waals surface area contributed by atoms with Crippen molar-refractivity contribution in [2.45, 2.75) is 32.7 Å². The van der Waals surface area contributed by atoms with Gasteiger partial charge in [-0.15, -0.1) is 0 Å². The number of carboxylic acid groups (broad SMARTS) is 1. The first kappa shape index (κ1) is 26.7. The topological polar surface area (TPSA) is 100 Å². The van der Waals surface area contributed by atoms with Crippen molar-refractivity contribution in [1.82, 2.24) is 4.57 Å². The maximum Gasteiger partial charge on any atom is 0.323 e. The van der Waals surface area contributed by atoms with Crippen molar-refractivity contribution >= 4 is 35.0 Å². The third kappa shape index (κ3) is 6.49. The van der Waals surface area contributed by atoms with Crippen molar-refractivity contribution < 1.29 is 14.7 Å². The van der Waals surface area contributed by atoms with Crippen LogP contribution in [0.15, 0.2) is 89.9 Å². The Bertz CT molecular complexity index is 1530. The first-order valence-corrected chi connectivity index (χ1v) is 12.5. The summed E-state index contributed by atoms with van der Waals surface area (Å²) in [6, 6.07) is 23.3. The standard InChI is InChI=1S/C30H28ClN3O4/c1-19-6-3-4-8-26(19)32-30(38)33-27-14-13-23(17-25(27)31)24-7-5-15-34(29(24)37)18-21-9-11-22(12-10-21)20(2)16-28(35)36/h3-15,17,20H,16,18H2,1-2H3,(H,35,36)(H2,32,33,38)/t20-/m1/s1. The van der Waals surface area contributed by atoms with E-state index in [0.29, 0.717) is 34.1 Å². The minimum absolute atomic E-state index is 0.0646. The van der Waals surface area contributed by atoms with Crippen LogP contribution in [0, 0.1) is 6.92 Å². The first-order valence-electron chi connectivity index (χ1n) is 12.1. The number of hydrogen-bond acceptors (Lipinski definition) is 3. The average Bonchev–Trinajstić information content (AvgIpc) is 2.88. The van der Waals surface area contributed by atoms with E-state index in [1.54, 1.807) is 41.1 Å². The fraction of sp³-hybridized carbons (Fsp3) is 0.167. The number of para-hydroxylation sites is 1. The molecule has 2 amide bonds. The zero-order chi connectivity index (χ0) is 27.2. The molecule has 0 radical (unpaired) electrons. The number of halogens is 1. The third-order valence-corrected chi connectivity index (χ3v) is 6.64. The highest BCUT2D eigenvalue weighted by molar-refractivity contribution is 6.34. The van der Waals surface area contributed by atoms with Crippen molar-refractivity contribution in [3.05, 3.63) is 117 Å². The summed E-state index contributed by atoms with van der Waals surface area (Å²) < 4.78 is 1.61. The number of carbonyl (C=O) groups is 2. The number of urea groups is 1. The molecule has 0 aliphatic rings. The van der Waals surface area contributed by atoms with Crippen LogP contribution in [0.5, 0.6) is 0 Å². The first-order chi connectivity index (χ1) is 18.2. The molecule has 1 heterocycles. The Morgan fingerprint density at radius 3 is 2.34 bits per heavy atom. The van der Waals surface area contributed by atoms with Gasteiger partial charge < -0.3 is 20.3 Å². The monoisotopic (exact) mass is 529 g/mol. The van der Waals surface area contributed by atoms with E-state index in [9.17, 15) is 14.4 Å². The number of aryl methyl sites for hydroxylation is 1. The minimum Gasteiger partial charge on any atom is -0.481 e. The molecule has 4 aromatic rings. The molecule has 3 N–H and O–H groups in total. The zero-order valence-corrected chi connectivity index (χ0v) is 21.8. The number of hydrogen-bond donors (Lipinski definition) is 3. The summed E-state index contributed by atoms with van der Waals surface area (Å²) in [5, 5.41) is 14.9. The number of carbonyl (C=O) groups excluding carboxylic acids is 1. The van der Waals surface area contributed by atoms with Gasteiger partial charge in [-0.25, -0.2) is 4.79 Å². The highest BCUT2D eigenvalue weighted by Gasteiger charge is 2.13. The molecule has 4 rings (SSSR count). The Kier molecular flexibility index (Phi) is 8.28. The Balaban J connectivity index is 1.48. The molecule has 194 valence electrons. The summed E-state index contributed by atoms with van der Waals surface area (Å²) in [4.78, 5) is 36.7. The Hall–Kier alpha value is -4.36. The van der Waals surface area contributed by atoms with Crippen LogP contribution in [0.1, 0.15) is 36.0 Å².